The van der Waals surface area contributed by atoms with E-state index in [4.69, 9.17) is 4.74 Å². The summed E-state index contributed by atoms with van der Waals surface area (Å²) in [5.41, 5.74) is 0. The molecule has 0 aliphatic heterocycles. The molecule has 0 spiro atoms. The molecule has 2 rings (SSSR count). The monoisotopic (exact) mass is 384 g/mol. The molecule has 2 fully saturated rings. The van der Waals surface area contributed by atoms with Crippen molar-refractivity contribution in [3.63, 3.8) is 0 Å². The molecule has 0 bridgehead atoms. The maximum Gasteiger partial charge on any atom is 0.307 e. The minimum absolute atomic E-state index is 0.0233. The molecule has 2 aliphatic rings. The van der Waals surface area contributed by atoms with Crippen LogP contribution in [0.2, 0.25) is 0 Å². The third kappa shape index (κ3) is 4.97. The number of hydrogen-bond acceptors (Lipinski definition) is 6. The average Bonchev–Trinajstić information content (AvgIpc) is 2.63. The second-order valence-corrected chi connectivity index (χ2v) is 7.58. The lowest BCUT2D eigenvalue weighted by Gasteiger charge is -2.38. The second kappa shape index (κ2) is 9.16. The summed E-state index contributed by atoms with van der Waals surface area (Å²) in [4.78, 5) is 47.4. The molecule has 9 nitrogen and oxygen atoms in total. The first-order valence-corrected chi connectivity index (χ1v) is 9.30. The van der Waals surface area contributed by atoms with Crippen LogP contribution in [0.5, 0.6) is 0 Å². The molecular formula is C18H28N2O7. The van der Waals surface area contributed by atoms with Crippen LogP contribution in [0.25, 0.3) is 0 Å². The van der Waals surface area contributed by atoms with E-state index in [0.717, 1.165) is 0 Å². The summed E-state index contributed by atoms with van der Waals surface area (Å²) in [6.07, 6.45) is 0.479. The number of carboxylic acid groups (broad SMARTS) is 1. The molecule has 0 aromatic rings. The van der Waals surface area contributed by atoms with Crippen molar-refractivity contribution in [2.45, 2.75) is 57.3 Å². The number of hydrogen-bond donors (Lipinski definition) is 4. The molecule has 152 valence electrons. The predicted octanol–water partition coefficient (Wildman–Crippen LogP) is -0.333. The summed E-state index contributed by atoms with van der Waals surface area (Å²) >= 11 is 0. The molecule has 0 radical (unpaired) electrons. The number of carbonyl (C=O) groups excluding carboxylic acids is 3. The van der Waals surface area contributed by atoms with Gasteiger partial charge in [0.05, 0.1) is 23.9 Å². The van der Waals surface area contributed by atoms with Crippen LogP contribution in [0, 0.1) is 23.7 Å². The van der Waals surface area contributed by atoms with E-state index < -0.39 is 47.7 Å². The molecule has 2 saturated carbocycles. The molecule has 7 atom stereocenters. The summed E-state index contributed by atoms with van der Waals surface area (Å²) in [5, 5.41) is 24.7. The van der Waals surface area contributed by atoms with Crippen molar-refractivity contribution < 1.29 is 34.1 Å². The van der Waals surface area contributed by atoms with Gasteiger partial charge >= 0.3 is 5.97 Å². The van der Waals surface area contributed by atoms with E-state index >= 15 is 0 Å². The Balaban J connectivity index is 2.12. The number of carboxylic acids is 1. The largest absolute Gasteiger partial charge is 0.481 e. The zero-order chi connectivity index (χ0) is 20.1. The Morgan fingerprint density at radius 1 is 1.04 bits per heavy atom. The maximum atomic E-state index is 12.8. The Morgan fingerprint density at radius 3 is 2.30 bits per heavy atom. The first-order valence-electron chi connectivity index (χ1n) is 9.30. The Bertz CT molecular complexity index is 582. The summed E-state index contributed by atoms with van der Waals surface area (Å²) < 4.78 is 5.00. The van der Waals surface area contributed by atoms with Crippen LogP contribution in [0.4, 0.5) is 0 Å². The van der Waals surface area contributed by atoms with Crippen LogP contribution in [0.1, 0.15) is 39.0 Å². The van der Waals surface area contributed by atoms with Crippen molar-refractivity contribution >= 4 is 24.3 Å². The van der Waals surface area contributed by atoms with Crippen molar-refractivity contribution in [1.29, 1.82) is 0 Å². The zero-order valence-corrected chi connectivity index (χ0v) is 15.6. The molecule has 2 aliphatic carbocycles. The summed E-state index contributed by atoms with van der Waals surface area (Å²) in [6.45, 7) is 2.13. The Morgan fingerprint density at radius 2 is 1.74 bits per heavy atom. The third-order valence-corrected chi connectivity index (χ3v) is 5.87. The number of amides is 2. The van der Waals surface area contributed by atoms with E-state index in [2.05, 4.69) is 10.6 Å². The molecule has 4 N–H and O–H groups in total. The fraction of sp³-hybridized carbons (Fsp3) is 0.778. The highest BCUT2D eigenvalue weighted by Crippen LogP contribution is 2.37. The van der Waals surface area contributed by atoms with E-state index in [0.29, 0.717) is 19.3 Å². The van der Waals surface area contributed by atoms with E-state index in [1.54, 1.807) is 0 Å². The van der Waals surface area contributed by atoms with E-state index in [1.165, 1.54) is 7.05 Å². The van der Waals surface area contributed by atoms with Crippen LogP contribution in [-0.2, 0) is 23.9 Å². The normalized spacial score (nSPS) is 36.3. The number of ether oxygens (including phenoxy) is 1. The van der Waals surface area contributed by atoms with Gasteiger partial charge in [-0.15, -0.1) is 0 Å². The zero-order valence-electron chi connectivity index (χ0n) is 15.6. The molecule has 0 aromatic heterocycles. The van der Waals surface area contributed by atoms with E-state index in [1.807, 2.05) is 6.92 Å². The van der Waals surface area contributed by atoms with Gasteiger partial charge in [-0.25, -0.2) is 0 Å². The number of aliphatic hydroxyl groups excluding tert-OH is 1. The van der Waals surface area contributed by atoms with Crippen LogP contribution < -0.4 is 10.6 Å². The molecule has 0 saturated heterocycles. The average molecular weight is 384 g/mol. The van der Waals surface area contributed by atoms with Gasteiger partial charge in [0, 0.05) is 13.1 Å². The summed E-state index contributed by atoms with van der Waals surface area (Å²) in [7, 11) is 1.42. The fourth-order valence-electron chi connectivity index (χ4n) is 4.23. The third-order valence-electron chi connectivity index (χ3n) is 5.87. The highest BCUT2D eigenvalue weighted by atomic mass is 16.5. The van der Waals surface area contributed by atoms with Crippen LogP contribution in [0.15, 0.2) is 0 Å². The molecule has 2 amide bonds. The van der Waals surface area contributed by atoms with Crippen molar-refractivity contribution in [1.82, 2.24) is 10.6 Å². The van der Waals surface area contributed by atoms with Gasteiger partial charge in [0.2, 0.25) is 11.8 Å². The molecule has 7 unspecified atom stereocenters. The van der Waals surface area contributed by atoms with Crippen LogP contribution >= 0.6 is 0 Å². The minimum Gasteiger partial charge on any atom is -0.481 e. The Labute approximate surface area is 157 Å². The van der Waals surface area contributed by atoms with Gasteiger partial charge in [-0.3, -0.25) is 19.2 Å². The van der Waals surface area contributed by atoms with Gasteiger partial charge in [-0.2, -0.15) is 0 Å². The summed E-state index contributed by atoms with van der Waals surface area (Å²) in [5.74, 6) is -4.67. The second-order valence-electron chi connectivity index (χ2n) is 7.58. The highest BCUT2D eigenvalue weighted by molar-refractivity contribution is 5.87. The number of rotatable bonds is 6. The SMILES string of the molecule is CNC(=O)C1CC(C(=O)O)C(C(=O)NC2CCC(O)C(C)C2)CC1OC=O. The van der Waals surface area contributed by atoms with Crippen LogP contribution in [0.3, 0.4) is 0 Å². The Hall–Kier alpha value is -2.16. The summed E-state index contributed by atoms with van der Waals surface area (Å²) in [6, 6.07) is -0.132. The van der Waals surface area contributed by atoms with Gasteiger partial charge in [0.15, 0.2) is 0 Å². The maximum absolute atomic E-state index is 12.8. The molecule has 0 heterocycles. The minimum atomic E-state index is -1.15. The van der Waals surface area contributed by atoms with E-state index in [9.17, 15) is 29.4 Å². The number of aliphatic hydroxyl groups is 1. The topological polar surface area (TPSA) is 142 Å². The molecule has 27 heavy (non-hydrogen) atoms. The van der Waals surface area contributed by atoms with Crippen molar-refractivity contribution in [2.75, 3.05) is 7.05 Å². The molecule has 9 heteroatoms. The number of carbonyl (C=O) groups is 4. The van der Waals surface area contributed by atoms with Crippen molar-refractivity contribution in [3.8, 4) is 0 Å². The number of nitrogens with one attached hydrogen (secondary N) is 2. The van der Waals surface area contributed by atoms with Crippen molar-refractivity contribution in [2.24, 2.45) is 23.7 Å². The number of aliphatic carboxylic acids is 1. The predicted molar refractivity (Wildman–Crippen MR) is 93.3 cm³/mol. The highest BCUT2D eigenvalue weighted by Gasteiger charge is 2.47. The molecule has 0 aromatic carbocycles. The lowest BCUT2D eigenvalue weighted by atomic mass is 9.71. The van der Waals surface area contributed by atoms with Crippen LogP contribution in [-0.4, -0.2) is 59.8 Å². The van der Waals surface area contributed by atoms with Gasteiger partial charge in [0.1, 0.15) is 6.10 Å². The first kappa shape index (κ1) is 21.1. The van der Waals surface area contributed by atoms with E-state index in [-0.39, 0.29) is 31.3 Å². The Kier molecular flexibility index (Phi) is 7.18. The van der Waals surface area contributed by atoms with Gasteiger partial charge in [-0.05, 0) is 38.0 Å². The van der Waals surface area contributed by atoms with Gasteiger partial charge in [0.25, 0.3) is 6.47 Å². The smallest absolute Gasteiger partial charge is 0.307 e. The standard InChI is InChI=1S/C18H28N2O7/c1-9-5-10(3-4-14(9)22)20-17(24)11-7-15(27-8-21)13(16(23)19-2)6-12(11)18(25)26/h8-15,22H,3-7H2,1-2H3,(H,19,23)(H,20,24)(H,25,26). The first-order chi connectivity index (χ1) is 12.8. The quantitative estimate of drug-likeness (QED) is 0.459. The van der Waals surface area contributed by atoms with Crippen molar-refractivity contribution in [3.05, 3.63) is 0 Å². The molecular weight excluding hydrogens is 356 g/mol. The lowest BCUT2D eigenvalue weighted by Crippen LogP contribution is -2.52. The lowest BCUT2D eigenvalue weighted by molar-refractivity contribution is -0.159. The van der Waals surface area contributed by atoms with Gasteiger partial charge < -0.3 is 25.6 Å². The fourth-order valence-corrected chi connectivity index (χ4v) is 4.23. The van der Waals surface area contributed by atoms with Gasteiger partial charge in [-0.1, -0.05) is 6.92 Å².